The van der Waals surface area contributed by atoms with Crippen LogP contribution in [0, 0.1) is 0 Å². The summed E-state index contributed by atoms with van der Waals surface area (Å²) < 4.78 is 43.3. The third-order valence-corrected chi connectivity index (χ3v) is 5.03. The highest BCUT2D eigenvalue weighted by molar-refractivity contribution is 7.09. The van der Waals surface area contributed by atoms with Crippen LogP contribution in [0.25, 0.3) is 0 Å². The van der Waals surface area contributed by atoms with Crippen molar-refractivity contribution in [3.05, 3.63) is 16.1 Å². The predicted molar refractivity (Wildman–Crippen MR) is 81.6 cm³/mol. The molecule has 0 radical (unpaired) electrons. The minimum atomic E-state index is -4.37. The van der Waals surface area contributed by atoms with Crippen LogP contribution >= 0.6 is 11.3 Å². The zero-order valence-electron chi connectivity index (χ0n) is 12.7. The number of nitrogens with one attached hydrogen (secondary N) is 2. The topological polar surface area (TPSA) is 58.5 Å². The van der Waals surface area contributed by atoms with Gasteiger partial charge in [-0.15, -0.1) is 11.3 Å². The van der Waals surface area contributed by atoms with Gasteiger partial charge in [0.25, 0.3) is 0 Å². The van der Waals surface area contributed by atoms with Crippen molar-refractivity contribution in [2.24, 2.45) is 4.99 Å². The Labute approximate surface area is 136 Å². The van der Waals surface area contributed by atoms with E-state index < -0.39 is 11.9 Å². The number of alkyl halides is 3. The Bertz CT molecular complexity index is 575. The van der Waals surface area contributed by atoms with Crippen LogP contribution in [0.5, 0.6) is 0 Å². The molecule has 3 unspecified atom stereocenters. The third kappa shape index (κ3) is 3.95. The molecule has 0 saturated carbocycles. The van der Waals surface area contributed by atoms with Gasteiger partial charge in [0.1, 0.15) is 0 Å². The number of guanidine groups is 1. The van der Waals surface area contributed by atoms with E-state index in [0.29, 0.717) is 30.0 Å². The van der Waals surface area contributed by atoms with Crippen molar-refractivity contribution in [2.75, 3.05) is 13.6 Å². The Balaban J connectivity index is 1.44. The fourth-order valence-electron chi connectivity index (χ4n) is 3.00. The van der Waals surface area contributed by atoms with Crippen LogP contribution in [-0.4, -0.2) is 42.8 Å². The van der Waals surface area contributed by atoms with E-state index in [4.69, 9.17) is 4.74 Å². The first-order valence-electron chi connectivity index (χ1n) is 7.60. The van der Waals surface area contributed by atoms with Gasteiger partial charge in [0.05, 0.1) is 23.3 Å². The minimum Gasteiger partial charge on any atom is -0.373 e. The quantitative estimate of drug-likeness (QED) is 0.647. The van der Waals surface area contributed by atoms with Crippen molar-refractivity contribution in [2.45, 2.75) is 50.1 Å². The van der Waals surface area contributed by atoms with E-state index in [-0.39, 0.29) is 12.1 Å². The average molecular weight is 348 g/mol. The summed E-state index contributed by atoms with van der Waals surface area (Å²) in [6.45, 7) is 0.478. The molecule has 3 atom stereocenters. The summed E-state index contributed by atoms with van der Waals surface area (Å²) in [4.78, 5) is 7.76. The third-order valence-electron chi connectivity index (χ3n) is 4.13. The van der Waals surface area contributed by atoms with E-state index in [0.717, 1.165) is 36.0 Å². The van der Waals surface area contributed by atoms with Crippen molar-refractivity contribution < 1.29 is 17.9 Å². The number of rotatable bonds is 4. The summed E-state index contributed by atoms with van der Waals surface area (Å²) >= 11 is 1.03. The maximum atomic E-state index is 12.5. The molecule has 3 rings (SSSR count). The number of fused-ring (bicyclic) bond motifs is 2. The molecule has 2 fully saturated rings. The second-order valence-electron chi connectivity index (χ2n) is 5.73. The smallest absolute Gasteiger partial charge is 0.373 e. The lowest BCUT2D eigenvalue weighted by molar-refractivity contribution is -0.140. The number of ether oxygens (including phenoxy) is 1. The standard InChI is InChI=1S/C14H19F3N4OS/c1-18-13(20-9-6-8-2-3-10(9)22-8)19-5-4-12-21-11(7-23-12)14(15,16)17/h7-10H,2-6H2,1H3,(H2,18,19,20). The molecule has 1 aromatic rings. The molecule has 0 amide bonds. The molecule has 0 spiro atoms. The molecule has 1 aromatic heterocycles. The van der Waals surface area contributed by atoms with Gasteiger partial charge in [-0.1, -0.05) is 0 Å². The fraction of sp³-hybridized carbons (Fsp3) is 0.714. The Kier molecular flexibility index (Phi) is 4.77. The second-order valence-corrected chi connectivity index (χ2v) is 6.68. The number of halogens is 3. The molecule has 0 aromatic carbocycles. The highest BCUT2D eigenvalue weighted by atomic mass is 32.1. The molecule has 9 heteroatoms. The number of hydrogen-bond donors (Lipinski definition) is 2. The molecular formula is C14H19F3N4OS. The van der Waals surface area contributed by atoms with Crippen LogP contribution in [0.1, 0.15) is 30.0 Å². The first-order chi connectivity index (χ1) is 11.0. The van der Waals surface area contributed by atoms with E-state index in [9.17, 15) is 13.2 Å². The van der Waals surface area contributed by atoms with Gasteiger partial charge >= 0.3 is 6.18 Å². The predicted octanol–water partition coefficient (Wildman–Crippen LogP) is 2.19. The highest BCUT2D eigenvalue weighted by Crippen LogP contribution is 2.34. The van der Waals surface area contributed by atoms with E-state index in [2.05, 4.69) is 20.6 Å². The molecule has 5 nitrogen and oxygen atoms in total. The lowest BCUT2D eigenvalue weighted by Gasteiger charge is -2.22. The molecule has 2 saturated heterocycles. The summed E-state index contributed by atoms with van der Waals surface area (Å²) in [5.41, 5.74) is -0.820. The van der Waals surface area contributed by atoms with E-state index >= 15 is 0 Å². The summed E-state index contributed by atoms with van der Waals surface area (Å²) in [6.07, 6.45) is -0.180. The molecule has 23 heavy (non-hydrogen) atoms. The summed E-state index contributed by atoms with van der Waals surface area (Å²) in [5, 5.41) is 7.96. The van der Waals surface area contributed by atoms with E-state index in [1.165, 1.54) is 0 Å². The molecule has 2 aliphatic heterocycles. The van der Waals surface area contributed by atoms with Crippen LogP contribution in [-0.2, 0) is 17.3 Å². The van der Waals surface area contributed by atoms with Gasteiger partial charge in [0, 0.05) is 25.4 Å². The van der Waals surface area contributed by atoms with Gasteiger partial charge in [0.15, 0.2) is 11.7 Å². The van der Waals surface area contributed by atoms with Crippen LogP contribution in [0.4, 0.5) is 13.2 Å². The number of aliphatic imine (C=N–C) groups is 1. The maximum Gasteiger partial charge on any atom is 0.434 e. The SMILES string of the molecule is CN=C(NCCc1nc(C(F)(F)F)cs1)NC1CC2CCC1O2. The lowest BCUT2D eigenvalue weighted by atomic mass is 9.96. The Morgan fingerprint density at radius 1 is 1.48 bits per heavy atom. The average Bonchev–Trinajstić information content (AvgIpc) is 3.21. The van der Waals surface area contributed by atoms with Crippen molar-refractivity contribution in [1.82, 2.24) is 15.6 Å². The number of thiazole rings is 1. The Morgan fingerprint density at radius 2 is 2.30 bits per heavy atom. The molecule has 0 aliphatic carbocycles. The fourth-order valence-corrected chi connectivity index (χ4v) is 3.81. The van der Waals surface area contributed by atoms with Gasteiger partial charge in [-0.25, -0.2) is 4.98 Å². The van der Waals surface area contributed by atoms with Gasteiger partial charge in [-0.3, -0.25) is 4.99 Å². The van der Waals surface area contributed by atoms with Crippen LogP contribution < -0.4 is 10.6 Å². The molecular weight excluding hydrogens is 329 g/mol. The molecule has 2 bridgehead atoms. The number of nitrogens with zero attached hydrogens (tertiary/aromatic N) is 2. The largest absolute Gasteiger partial charge is 0.434 e. The minimum absolute atomic E-state index is 0.242. The van der Waals surface area contributed by atoms with Gasteiger partial charge in [0.2, 0.25) is 0 Å². The zero-order chi connectivity index (χ0) is 16.4. The van der Waals surface area contributed by atoms with Crippen LogP contribution in [0.15, 0.2) is 10.4 Å². The number of hydrogen-bond acceptors (Lipinski definition) is 4. The van der Waals surface area contributed by atoms with Crippen LogP contribution in [0.2, 0.25) is 0 Å². The van der Waals surface area contributed by atoms with E-state index in [1.807, 2.05) is 0 Å². The summed E-state index contributed by atoms with van der Waals surface area (Å²) in [6, 6.07) is 0.261. The lowest BCUT2D eigenvalue weighted by Crippen LogP contribution is -2.47. The Morgan fingerprint density at radius 3 is 2.87 bits per heavy atom. The Hall–Kier alpha value is -1.35. The van der Waals surface area contributed by atoms with Crippen molar-refractivity contribution in [1.29, 1.82) is 0 Å². The van der Waals surface area contributed by atoms with Crippen molar-refractivity contribution >= 4 is 17.3 Å². The second kappa shape index (κ2) is 6.64. The number of aromatic nitrogens is 1. The summed E-state index contributed by atoms with van der Waals surface area (Å²) in [7, 11) is 1.68. The molecule has 3 heterocycles. The van der Waals surface area contributed by atoms with Crippen molar-refractivity contribution in [3.8, 4) is 0 Å². The van der Waals surface area contributed by atoms with Crippen LogP contribution in [0.3, 0.4) is 0 Å². The maximum absolute atomic E-state index is 12.5. The highest BCUT2D eigenvalue weighted by Gasteiger charge is 2.41. The van der Waals surface area contributed by atoms with Gasteiger partial charge in [-0.2, -0.15) is 13.2 Å². The first-order valence-corrected chi connectivity index (χ1v) is 8.48. The zero-order valence-corrected chi connectivity index (χ0v) is 13.5. The molecule has 2 N–H and O–H groups in total. The normalized spacial score (nSPS) is 27.5. The first kappa shape index (κ1) is 16.5. The van der Waals surface area contributed by atoms with Gasteiger partial charge < -0.3 is 15.4 Å². The monoisotopic (exact) mass is 348 g/mol. The van der Waals surface area contributed by atoms with Crippen molar-refractivity contribution in [3.63, 3.8) is 0 Å². The van der Waals surface area contributed by atoms with Gasteiger partial charge in [-0.05, 0) is 19.3 Å². The molecule has 2 aliphatic rings. The van der Waals surface area contributed by atoms with E-state index in [1.54, 1.807) is 7.05 Å². The molecule has 128 valence electrons. The summed E-state index contributed by atoms with van der Waals surface area (Å²) in [5.74, 6) is 0.652.